The predicted octanol–water partition coefficient (Wildman–Crippen LogP) is 1.68. The lowest BCUT2D eigenvalue weighted by molar-refractivity contribution is 0.0527. The highest BCUT2D eigenvalue weighted by Gasteiger charge is 2.24. The van der Waals surface area contributed by atoms with Crippen molar-refractivity contribution >= 4 is 32.8 Å². The standard InChI is InChI=1S/C15H16N4O5S/c1-3-23-15(20)11-8-16-19(2)14(11)18-25(21,22)9-12-10-6-4-5-7-13(10)24-17-12/h4-8,18H,3,9H2,1-2H3. The molecule has 0 radical (unpaired) electrons. The van der Waals surface area contributed by atoms with Crippen LogP contribution in [0.25, 0.3) is 11.0 Å². The van der Waals surface area contributed by atoms with Gasteiger partial charge in [0.1, 0.15) is 17.0 Å². The molecule has 0 aliphatic rings. The van der Waals surface area contributed by atoms with E-state index in [1.165, 1.54) is 17.9 Å². The van der Waals surface area contributed by atoms with Gasteiger partial charge in [-0.3, -0.25) is 9.40 Å². The van der Waals surface area contributed by atoms with Crippen molar-refractivity contribution in [1.29, 1.82) is 0 Å². The molecular formula is C15H16N4O5S. The van der Waals surface area contributed by atoms with Gasteiger partial charge in [0, 0.05) is 12.4 Å². The van der Waals surface area contributed by atoms with Gasteiger partial charge < -0.3 is 9.26 Å². The van der Waals surface area contributed by atoms with Crippen LogP contribution in [-0.2, 0) is 27.6 Å². The monoisotopic (exact) mass is 364 g/mol. The van der Waals surface area contributed by atoms with Gasteiger partial charge in [-0.2, -0.15) is 5.10 Å². The van der Waals surface area contributed by atoms with Crippen molar-refractivity contribution in [1.82, 2.24) is 14.9 Å². The van der Waals surface area contributed by atoms with E-state index in [2.05, 4.69) is 15.0 Å². The summed E-state index contributed by atoms with van der Waals surface area (Å²) in [5, 5.41) is 8.33. The van der Waals surface area contributed by atoms with E-state index in [0.29, 0.717) is 11.0 Å². The Balaban J connectivity index is 1.87. The summed E-state index contributed by atoms with van der Waals surface area (Å²) in [6.45, 7) is 1.83. The molecule has 2 aromatic heterocycles. The van der Waals surface area contributed by atoms with Crippen LogP contribution in [-0.4, -0.2) is 35.9 Å². The fourth-order valence-corrected chi connectivity index (χ4v) is 3.50. The summed E-state index contributed by atoms with van der Waals surface area (Å²) in [4.78, 5) is 11.9. The first kappa shape index (κ1) is 17.0. The first-order valence-corrected chi connectivity index (χ1v) is 9.09. The maximum absolute atomic E-state index is 12.5. The minimum atomic E-state index is -3.85. The van der Waals surface area contributed by atoms with E-state index >= 15 is 0 Å². The number of nitrogens with zero attached hydrogens (tertiary/aromatic N) is 3. The van der Waals surface area contributed by atoms with Gasteiger partial charge in [0.25, 0.3) is 0 Å². The fourth-order valence-electron chi connectivity index (χ4n) is 2.32. The molecule has 0 amide bonds. The summed E-state index contributed by atoms with van der Waals surface area (Å²) in [6.07, 6.45) is 1.25. The Kier molecular flexibility index (Phi) is 4.45. The third-order valence-electron chi connectivity index (χ3n) is 3.47. The number of carbonyl (C=O) groups excluding carboxylic acids is 1. The van der Waals surface area contributed by atoms with E-state index in [0.717, 1.165) is 0 Å². The maximum Gasteiger partial charge on any atom is 0.343 e. The van der Waals surface area contributed by atoms with Crippen LogP contribution in [0.15, 0.2) is 35.0 Å². The molecule has 0 aliphatic heterocycles. The van der Waals surface area contributed by atoms with Crippen molar-refractivity contribution in [2.75, 3.05) is 11.3 Å². The molecule has 2 heterocycles. The van der Waals surface area contributed by atoms with E-state index in [1.807, 2.05) is 0 Å². The average molecular weight is 364 g/mol. The Morgan fingerprint density at radius 1 is 1.36 bits per heavy atom. The Labute approximate surface area is 143 Å². The minimum Gasteiger partial charge on any atom is -0.462 e. The number of fused-ring (bicyclic) bond motifs is 1. The summed E-state index contributed by atoms with van der Waals surface area (Å²) in [7, 11) is -2.33. The van der Waals surface area contributed by atoms with Crippen molar-refractivity contribution in [3.8, 4) is 0 Å². The third kappa shape index (κ3) is 3.48. The molecule has 0 unspecified atom stereocenters. The first-order valence-electron chi connectivity index (χ1n) is 7.44. The number of para-hydroxylation sites is 1. The number of benzene rings is 1. The predicted molar refractivity (Wildman–Crippen MR) is 89.4 cm³/mol. The number of aromatic nitrogens is 3. The zero-order chi connectivity index (χ0) is 18.0. The lowest BCUT2D eigenvalue weighted by atomic mass is 10.2. The summed E-state index contributed by atoms with van der Waals surface area (Å²) < 4.78 is 38.7. The molecule has 1 N–H and O–H groups in total. The van der Waals surface area contributed by atoms with Crippen molar-refractivity contribution in [2.45, 2.75) is 12.7 Å². The molecule has 0 fully saturated rings. The van der Waals surface area contributed by atoms with Gasteiger partial charge in [0.2, 0.25) is 10.0 Å². The van der Waals surface area contributed by atoms with Crippen molar-refractivity contribution in [3.63, 3.8) is 0 Å². The number of hydrogen-bond acceptors (Lipinski definition) is 7. The van der Waals surface area contributed by atoms with Gasteiger partial charge in [-0.05, 0) is 19.1 Å². The van der Waals surface area contributed by atoms with Crippen LogP contribution in [0.4, 0.5) is 5.82 Å². The van der Waals surface area contributed by atoms with E-state index in [4.69, 9.17) is 9.26 Å². The van der Waals surface area contributed by atoms with E-state index < -0.39 is 21.7 Å². The maximum atomic E-state index is 12.5. The van der Waals surface area contributed by atoms with Crippen molar-refractivity contribution in [2.24, 2.45) is 7.05 Å². The number of rotatable bonds is 6. The SMILES string of the molecule is CCOC(=O)c1cnn(C)c1NS(=O)(=O)Cc1noc2ccccc12. The fraction of sp³-hybridized carbons (Fsp3) is 0.267. The molecule has 0 saturated heterocycles. The van der Waals surface area contributed by atoms with Crippen LogP contribution in [0.2, 0.25) is 0 Å². The molecule has 0 aliphatic carbocycles. The summed E-state index contributed by atoms with van der Waals surface area (Å²) in [6, 6.07) is 6.96. The van der Waals surface area contributed by atoms with E-state index in [1.54, 1.807) is 31.2 Å². The molecule has 132 valence electrons. The molecule has 10 heteroatoms. The summed E-state index contributed by atoms with van der Waals surface area (Å²) >= 11 is 0. The largest absolute Gasteiger partial charge is 0.462 e. The number of carbonyl (C=O) groups is 1. The number of anilines is 1. The third-order valence-corrected chi connectivity index (χ3v) is 4.62. The molecule has 0 saturated carbocycles. The lowest BCUT2D eigenvalue weighted by Gasteiger charge is -2.09. The number of hydrogen-bond donors (Lipinski definition) is 1. The number of ether oxygens (including phenoxy) is 1. The van der Waals surface area contributed by atoms with Gasteiger partial charge in [-0.25, -0.2) is 13.2 Å². The molecule has 3 rings (SSSR count). The number of nitrogens with one attached hydrogen (secondary N) is 1. The second-order valence-electron chi connectivity index (χ2n) is 5.24. The Bertz CT molecular complexity index is 1020. The highest BCUT2D eigenvalue weighted by Crippen LogP contribution is 2.22. The molecule has 1 aromatic carbocycles. The lowest BCUT2D eigenvalue weighted by Crippen LogP contribution is -2.19. The Morgan fingerprint density at radius 2 is 2.12 bits per heavy atom. The summed E-state index contributed by atoms with van der Waals surface area (Å²) in [5.41, 5.74) is 0.821. The van der Waals surface area contributed by atoms with Crippen LogP contribution in [0, 0.1) is 0 Å². The molecular weight excluding hydrogens is 348 g/mol. The molecule has 0 bridgehead atoms. The zero-order valence-electron chi connectivity index (χ0n) is 13.6. The minimum absolute atomic E-state index is 0.0336. The topological polar surface area (TPSA) is 116 Å². The number of sulfonamides is 1. The number of aryl methyl sites for hydroxylation is 1. The molecule has 3 aromatic rings. The van der Waals surface area contributed by atoms with Crippen LogP contribution in [0.1, 0.15) is 23.0 Å². The number of esters is 1. The van der Waals surface area contributed by atoms with Gasteiger partial charge in [-0.15, -0.1) is 0 Å². The molecule has 9 nitrogen and oxygen atoms in total. The highest BCUT2D eigenvalue weighted by molar-refractivity contribution is 7.91. The van der Waals surface area contributed by atoms with Gasteiger partial charge in [-0.1, -0.05) is 17.3 Å². The molecule has 25 heavy (non-hydrogen) atoms. The highest BCUT2D eigenvalue weighted by atomic mass is 32.2. The van der Waals surface area contributed by atoms with Crippen LogP contribution in [0.3, 0.4) is 0 Å². The van der Waals surface area contributed by atoms with Gasteiger partial charge >= 0.3 is 5.97 Å². The molecule has 0 spiro atoms. The normalized spacial score (nSPS) is 11.6. The quantitative estimate of drug-likeness (QED) is 0.661. The average Bonchev–Trinajstić information content (AvgIpc) is 3.12. The van der Waals surface area contributed by atoms with Crippen LogP contribution >= 0.6 is 0 Å². The Morgan fingerprint density at radius 3 is 2.88 bits per heavy atom. The van der Waals surface area contributed by atoms with Gasteiger partial charge in [0.15, 0.2) is 11.4 Å². The van der Waals surface area contributed by atoms with Crippen LogP contribution in [0.5, 0.6) is 0 Å². The van der Waals surface area contributed by atoms with E-state index in [9.17, 15) is 13.2 Å². The van der Waals surface area contributed by atoms with Crippen LogP contribution < -0.4 is 4.72 Å². The zero-order valence-corrected chi connectivity index (χ0v) is 14.4. The first-order chi connectivity index (χ1) is 11.9. The van der Waals surface area contributed by atoms with Crippen molar-refractivity contribution in [3.05, 3.63) is 41.7 Å². The summed E-state index contributed by atoms with van der Waals surface area (Å²) in [5.74, 6) is -1.02. The van der Waals surface area contributed by atoms with Crippen molar-refractivity contribution < 1.29 is 22.5 Å². The second kappa shape index (κ2) is 6.55. The van der Waals surface area contributed by atoms with E-state index in [-0.39, 0.29) is 23.7 Å². The van der Waals surface area contributed by atoms with Gasteiger partial charge in [0.05, 0.1) is 12.8 Å². The molecule has 0 atom stereocenters. The second-order valence-corrected chi connectivity index (χ2v) is 6.96. The Hall–Kier alpha value is -2.88. The smallest absolute Gasteiger partial charge is 0.343 e.